The van der Waals surface area contributed by atoms with Gasteiger partial charge in [0.25, 0.3) is 0 Å². The van der Waals surface area contributed by atoms with E-state index in [9.17, 15) is 4.39 Å². The molecule has 0 radical (unpaired) electrons. The lowest BCUT2D eigenvalue weighted by molar-refractivity contribution is 0.278. The van der Waals surface area contributed by atoms with Gasteiger partial charge in [0, 0.05) is 48.2 Å². The standard InChI is InChI=1S/C26H24FN9O/c1-14-29-25(35-37-14)26(16-12-28-36(2)13-16)22-19(18-5-3-4-6-20(18)30-22)11-21(32-26)24-31-23(33-34-24)15-7-9-17(27)10-8-15/h3-10,12-13,21,24,30,32,34H,11H2,1-2H3,(H,31,33)/t21-,24?,26?/m1/s1. The smallest absolute Gasteiger partial charge is 0.223 e. The lowest BCUT2D eigenvalue weighted by Crippen LogP contribution is -2.60. The van der Waals surface area contributed by atoms with E-state index in [1.165, 1.54) is 12.1 Å². The summed E-state index contributed by atoms with van der Waals surface area (Å²) in [5, 5.41) is 13.8. The van der Waals surface area contributed by atoms with Gasteiger partial charge in [-0.15, -0.1) is 0 Å². The molecule has 0 saturated heterocycles. The Morgan fingerprint density at radius 2 is 1.97 bits per heavy atom. The summed E-state index contributed by atoms with van der Waals surface area (Å²) in [7, 11) is 1.88. The molecule has 0 aliphatic carbocycles. The number of benzene rings is 2. The Labute approximate surface area is 211 Å². The van der Waals surface area contributed by atoms with Crippen LogP contribution in [0.3, 0.4) is 0 Å². The Kier molecular flexibility index (Phi) is 4.78. The fraction of sp³-hybridized carbons (Fsp3) is 0.231. The quantitative estimate of drug-likeness (QED) is 0.301. The van der Waals surface area contributed by atoms with Crippen LogP contribution in [-0.4, -0.2) is 42.9 Å². The molecule has 0 bridgehead atoms. The molecule has 5 aromatic rings. The zero-order chi connectivity index (χ0) is 25.1. The molecule has 7 rings (SSSR count). The van der Waals surface area contributed by atoms with Crippen LogP contribution in [0.5, 0.6) is 0 Å². The van der Waals surface area contributed by atoms with Gasteiger partial charge in [-0.2, -0.15) is 10.1 Å². The van der Waals surface area contributed by atoms with Gasteiger partial charge in [0.05, 0.1) is 11.9 Å². The lowest BCUT2D eigenvalue weighted by Gasteiger charge is -2.41. The first-order valence-corrected chi connectivity index (χ1v) is 12.0. The number of nitrogens with one attached hydrogen (secondary N) is 4. The highest BCUT2D eigenvalue weighted by atomic mass is 19.1. The van der Waals surface area contributed by atoms with Crippen LogP contribution in [0, 0.1) is 12.7 Å². The maximum absolute atomic E-state index is 13.5. The normalized spacial score (nSPS) is 23.2. The van der Waals surface area contributed by atoms with Crippen LogP contribution in [0.1, 0.15) is 34.1 Å². The number of hydrogen-bond donors (Lipinski definition) is 4. The summed E-state index contributed by atoms with van der Waals surface area (Å²) in [5.74, 6) is 1.32. The molecular weight excluding hydrogens is 473 g/mol. The Morgan fingerprint density at radius 1 is 1.14 bits per heavy atom. The molecule has 4 N–H and O–H groups in total. The number of halogens is 1. The van der Waals surface area contributed by atoms with Gasteiger partial charge in [-0.05, 0) is 42.3 Å². The summed E-state index contributed by atoms with van der Waals surface area (Å²) >= 11 is 0. The number of aliphatic imine (C=N–C) groups is 1. The number of amidine groups is 1. The van der Waals surface area contributed by atoms with Gasteiger partial charge in [-0.1, -0.05) is 23.4 Å². The first-order valence-electron chi connectivity index (χ1n) is 12.0. The molecule has 0 spiro atoms. The highest BCUT2D eigenvalue weighted by Gasteiger charge is 2.51. The number of aryl methyl sites for hydroxylation is 2. The summed E-state index contributed by atoms with van der Waals surface area (Å²) in [6, 6.07) is 14.3. The highest BCUT2D eigenvalue weighted by molar-refractivity contribution is 5.99. The Hall–Kier alpha value is -4.35. The van der Waals surface area contributed by atoms with Crippen LogP contribution in [0.15, 0.2) is 70.4 Å². The van der Waals surface area contributed by atoms with Crippen LogP contribution in [0.25, 0.3) is 10.9 Å². The molecule has 2 aliphatic heterocycles. The number of H-pyrrole nitrogens is 1. The zero-order valence-corrected chi connectivity index (χ0v) is 20.2. The molecular formula is C26H24FN9O. The fourth-order valence-electron chi connectivity index (χ4n) is 5.43. The van der Waals surface area contributed by atoms with E-state index < -0.39 is 5.54 Å². The summed E-state index contributed by atoms with van der Waals surface area (Å²) in [4.78, 5) is 13.3. The van der Waals surface area contributed by atoms with Crippen LogP contribution in [0.4, 0.5) is 4.39 Å². The van der Waals surface area contributed by atoms with Crippen molar-refractivity contribution in [1.82, 2.24) is 41.1 Å². The minimum atomic E-state index is -0.959. The van der Waals surface area contributed by atoms with Gasteiger partial charge in [-0.25, -0.2) is 14.8 Å². The van der Waals surface area contributed by atoms with Crippen molar-refractivity contribution in [3.8, 4) is 0 Å². The van der Waals surface area contributed by atoms with Crippen molar-refractivity contribution in [2.75, 3.05) is 0 Å². The van der Waals surface area contributed by atoms with Crippen LogP contribution in [-0.2, 0) is 19.0 Å². The summed E-state index contributed by atoms with van der Waals surface area (Å²) < 4.78 is 20.7. The van der Waals surface area contributed by atoms with E-state index in [2.05, 4.69) is 48.5 Å². The van der Waals surface area contributed by atoms with Gasteiger partial charge in [-0.3, -0.25) is 10.00 Å². The highest BCUT2D eigenvalue weighted by Crippen LogP contribution is 2.43. The van der Waals surface area contributed by atoms with E-state index in [4.69, 9.17) is 9.52 Å². The second-order valence-corrected chi connectivity index (χ2v) is 9.47. The SMILES string of the molecule is Cc1nc(C2(c3cnn(C)c3)N[C@@H](C3N=C(c4ccc(F)cc4)NN3)Cc3c2[nH]c2ccccc32)no1. The van der Waals surface area contributed by atoms with Gasteiger partial charge in [0.15, 0.2) is 5.54 Å². The number of hydrogen-bond acceptors (Lipinski definition) is 8. The van der Waals surface area contributed by atoms with E-state index in [-0.39, 0.29) is 18.0 Å². The molecule has 11 heteroatoms. The van der Waals surface area contributed by atoms with Crippen LogP contribution < -0.4 is 16.2 Å². The van der Waals surface area contributed by atoms with E-state index in [0.717, 1.165) is 33.3 Å². The Morgan fingerprint density at radius 3 is 2.73 bits per heavy atom. The van der Waals surface area contributed by atoms with E-state index in [0.29, 0.717) is 24.0 Å². The fourth-order valence-corrected chi connectivity index (χ4v) is 5.43. The van der Waals surface area contributed by atoms with Crippen molar-refractivity contribution in [2.24, 2.45) is 12.0 Å². The molecule has 186 valence electrons. The number of hydrazine groups is 1. The van der Waals surface area contributed by atoms with E-state index in [1.54, 1.807) is 23.7 Å². The third kappa shape index (κ3) is 3.39. The topological polar surface area (TPSA) is 121 Å². The van der Waals surface area contributed by atoms with Crippen molar-refractivity contribution in [2.45, 2.75) is 31.1 Å². The molecule has 0 amide bonds. The summed E-state index contributed by atoms with van der Waals surface area (Å²) in [6.45, 7) is 1.78. The molecule has 2 aliphatic rings. The van der Waals surface area contributed by atoms with Crippen molar-refractivity contribution in [3.63, 3.8) is 0 Å². The van der Waals surface area contributed by atoms with Gasteiger partial charge >= 0.3 is 0 Å². The van der Waals surface area contributed by atoms with Crippen molar-refractivity contribution >= 4 is 16.7 Å². The second kappa shape index (κ2) is 8.08. The Balaban J connectivity index is 1.41. The van der Waals surface area contributed by atoms with Crippen molar-refractivity contribution in [3.05, 3.63) is 101 Å². The van der Waals surface area contributed by atoms with E-state index in [1.807, 2.05) is 31.6 Å². The van der Waals surface area contributed by atoms with Crippen molar-refractivity contribution in [1.29, 1.82) is 0 Å². The van der Waals surface area contributed by atoms with Crippen LogP contribution >= 0.6 is 0 Å². The minimum Gasteiger partial charge on any atom is -0.356 e. The number of nitrogens with zero attached hydrogens (tertiary/aromatic N) is 5. The van der Waals surface area contributed by atoms with Crippen LogP contribution in [0.2, 0.25) is 0 Å². The average molecular weight is 498 g/mol. The van der Waals surface area contributed by atoms with Gasteiger partial charge in [0.2, 0.25) is 11.7 Å². The third-order valence-electron chi connectivity index (χ3n) is 7.12. The number of aromatic amines is 1. The number of para-hydroxylation sites is 1. The monoisotopic (exact) mass is 497 g/mol. The maximum Gasteiger partial charge on any atom is 0.223 e. The largest absolute Gasteiger partial charge is 0.356 e. The molecule has 3 aromatic heterocycles. The third-order valence-corrected chi connectivity index (χ3v) is 7.12. The first kappa shape index (κ1) is 21.9. The molecule has 2 aromatic carbocycles. The van der Waals surface area contributed by atoms with E-state index >= 15 is 0 Å². The molecule has 2 unspecified atom stereocenters. The van der Waals surface area contributed by atoms with Crippen molar-refractivity contribution < 1.29 is 8.91 Å². The Bertz CT molecular complexity index is 1610. The molecule has 37 heavy (non-hydrogen) atoms. The number of fused-ring (bicyclic) bond motifs is 3. The zero-order valence-electron chi connectivity index (χ0n) is 20.2. The second-order valence-electron chi connectivity index (χ2n) is 9.47. The maximum atomic E-state index is 13.5. The lowest BCUT2D eigenvalue weighted by atomic mass is 9.78. The molecule has 0 saturated carbocycles. The van der Waals surface area contributed by atoms with Gasteiger partial charge in [0.1, 0.15) is 17.8 Å². The molecule has 5 heterocycles. The molecule has 10 nitrogen and oxygen atoms in total. The average Bonchev–Trinajstić information content (AvgIpc) is 3.70. The molecule has 0 fully saturated rings. The predicted octanol–water partition coefficient (Wildman–Crippen LogP) is 2.42. The first-order chi connectivity index (χ1) is 18.0. The van der Waals surface area contributed by atoms with Gasteiger partial charge < -0.3 is 14.9 Å². The predicted molar refractivity (Wildman–Crippen MR) is 134 cm³/mol. The minimum absolute atomic E-state index is 0.170. The number of rotatable bonds is 4. The summed E-state index contributed by atoms with van der Waals surface area (Å²) in [5.41, 5.74) is 10.3. The number of aromatic nitrogens is 5. The molecule has 3 atom stereocenters. The summed E-state index contributed by atoms with van der Waals surface area (Å²) in [6.07, 6.45) is 4.15.